The average Bonchev–Trinajstić information content (AvgIpc) is 2.88. The fraction of sp³-hybridized carbons (Fsp3) is 0.909. The van der Waals surface area contributed by atoms with Crippen molar-refractivity contribution in [3.8, 4) is 0 Å². The number of likely N-dealkylation sites (tertiary alicyclic amines) is 1. The highest BCUT2D eigenvalue weighted by Gasteiger charge is 2.33. The van der Waals surface area contributed by atoms with Crippen LogP contribution in [0.5, 0.6) is 0 Å². The molecule has 2 aliphatic heterocycles. The quantitative estimate of drug-likeness (QED) is 0.650. The van der Waals surface area contributed by atoms with Gasteiger partial charge in [0, 0.05) is 13.2 Å². The first-order chi connectivity index (χ1) is 7.31. The first-order valence-corrected chi connectivity index (χ1v) is 5.74. The minimum atomic E-state index is -0.0921. The highest BCUT2D eigenvalue weighted by atomic mass is 16.5. The molecule has 0 amide bonds. The second-order valence-electron chi connectivity index (χ2n) is 4.31. The molecule has 0 N–H and O–H groups in total. The van der Waals surface area contributed by atoms with Crippen LogP contribution in [0.15, 0.2) is 0 Å². The second kappa shape index (κ2) is 4.94. The molecule has 0 bridgehead atoms. The molecule has 0 saturated carbocycles. The Labute approximate surface area is 90.5 Å². The van der Waals surface area contributed by atoms with Gasteiger partial charge in [-0.2, -0.15) is 0 Å². The fourth-order valence-electron chi connectivity index (χ4n) is 2.50. The molecule has 15 heavy (non-hydrogen) atoms. The highest BCUT2D eigenvalue weighted by molar-refractivity contribution is 5.75. The number of carbonyl (C=O) groups is 1. The summed E-state index contributed by atoms with van der Waals surface area (Å²) >= 11 is 0. The van der Waals surface area contributed by atoms with E-state index in [9.17, 15) is 4.79 Å². The lowest BCUT2D eigenvalue weighted by Gasteiger charge is -2.24. The van der Waals surface area contributed by atoms with E-state index in [0.29, 0.717) is 6.10 Å². The largest absolute Gasteiger partial charge is 0.468 e. The molecular formula is C11H19NO3. The van der Waals surface area contributed by atoms with Crippen LogP contribution in [0, 0.1) is 0 Å². The molecular weight excluding hydrogens is 194 g/mol. The number of rotatable bonds is 3. The van der Waals surface area contributed by atoms with E-state index >= 15 is 0 Å². The molecule has 4 heteroatoms. The standard InChI is InChI=1S/C11H19NO3/c1-14-11(13)10-5-2-6-12(10)8-9-4-3-7-15-9/h9-10H,2-8H2,1H3. The van der Waals surface area contributed by atoms with E-state index in [1.165, 1.54) is 7.11 Å². The van der Waals surface area contributed by atoms with E-state index < -0.39 is 0 Å². The summed E-state index contributed by atoms with van der Waals surface area (Å²) in [5.41, 5.74) is 0. The molecule has 0 aliphatic carbocycles. The Hall–Kier alpha value is -0.610. The van der Waals surface area contributed by atoms with Crippen LogP contribution in [0.25, 0.3) is 0 Å². The summed E-state index contributed by atoms with van der Waals surface area (Å²) < 4.78 is 10.4. The van der Waals surface area contributed by atoms with Crippen molar-refractivity contribution in [3.63, 3.8) is 0 Å². The van der Waals surface area contributed by atoms with Crippen LogP contribution in [0.2, 0.25) is 0 Å². The van der Waals surface area contributed by atoms with Gasteiger partial charge in [0.05, 0.1) is 13.2 Å². The number of hydrogen-bond donors (Lipinski definition) is 0. The number of hydrogen-bond acceptors (Lipinski definition) is 4. The zero-order valence-electron chi connectivity index (χ0n) is 9.28. The maximum absolute atomic E-state index is 11.5. The predicted molar refractivity (Wildman–Crippen MR) is 55.6 cm³/mol. The van der Waals surface area contributed by atoms with Crippen molar-refractivity contribution < 1.29 is 14.3 Å². The van der Waals surface area contributed by atoms with Crippen LogP contribution in [-0.4, -0.2) is 49.8 Å². The molecule has 2 fully saturated rings. The summed E-state index contributed by atoms with van der Waals surface area (Å²) in [5.74, 6) is -0.0921. The molecule has 4 nitrogen and oxygen atoms in total. The van der Waals surface area contributed by atoms with Gasteiger partial charge in [0.2, 0.25) is 0 Å². The lowest BCUT2D eigenvalue weighted by molar-refractivity contribution is -0.146. The first kappa shape index (κ1) is 10.9. The summed E-state index contributed by atoms with van der Waals surface area (Å²) in [6, 6.07) is -0.0285. The van der Waals surface area contributed by atoms with E-state index in [1.807, 2.05) is 0 Å². The summed E-state index contributed by atoms with van der Waals surface area (Å²) in [7, 11) is 1.46. The Balaban J connectivity index is 1.86. The van der Waals surface area contributed by atoms with Crippen molar-refractivity contribution in [3.05, 3.63) is 0 Å². The first-order valence-electron chi connectivity index (χ1n) is 5.74. The van der Waals surface area contributed by atoms with Crippen molar-refractivity contribution in [1.82, 2.24) is 4.90 Å². The van der Waals surface area contributed by atoms with Crippen LogP contribution in [0.4, 0.5) is 0 Å². The zero-order valence-corrected chi connectivity index (χ0v) is 9.28. The normalized spacial score (nSPS) is 32.1. The molecule has 2 saturated heterocycles. The minimum Gasteiger partial charge on any atom is -0.468 e. The van der Waals surface area contributed by atoms with Gasteiger partial charge in [-0.3, -0.25) is 9.69 Å². The Morgan fingerprint density at radius 2 is 2.33 bits per heavy atom. The van der Waals surface area contributed by atoms with Gasteiger partial charge in [-0.15, -0.1) is 0 Å². The molecule has 2 atom stereocenters. The zero-order chi connectivity index (χ0) is 10.7. The van der Waals surface area contributed by atoms with Crippen molar-refractivity contribution in [1.29, 1.82) is 0 Å². The number of esters is 1. The molecule has 2 rings (SSSR count). The topological polar surface area (TPSA) is 38.8 Å². The van der Waals surface area contributed by atoms with Crippen LogP contribution in [-0.2, 0) is 14.3 Å². The van der Waals surface area contributed by atoms with Crippen molar-refractivity contribution in [2.75, 3.05) is 26.8 Å². The van der Waals surface area contributed by atoms with Gasteiger partial charge in [0.1, 0.15) is 6.04 Å². The van der Waals surface area contributed by atoms with E-state index in [2.05, 4.69) is 4.90 Å². The lowest BCUT2D eigenvalue weighted by Crippen LogP contribution is -2.41. The third kappa shape index (κ3) is 2.49. The number of carbonyl (C=O) groups excluding carboxylic acids is 1. The Bertz CT molecular complexity index is 226. The third-order valence-electron chi connectivity index (χ3n) is 3.30. The molecule has 2 unspecified atom stereocenters. The van der Waals surface area contributed by atoms with Crippen LogP contribution >= 0.6 is 0 Å². The molecule has 0 spiro atoms. The van der Waals surface area contributed by atoms with Gasteiger partial charge in [-0.1, -0.05) is 0 Å². The molecule has 2 heterocycles. The Morgan fingerprint density at radius 3 is 3.00 bits per heavy atom. The molecule has 0 aromatic heterocycles. The molecule has 86 valence electrons. The van der Waals surface area contributed by atoms with E-state index in [1.54, 1.807) is 0 Å². The monoisotopic (exact) mass is 213 g/mol. The predicted octanol–water partition coefficient (Wildman–Crippen LogP) is 0.803. The van der Waals surface area contributed by atoms with Gasteiger partial charge in [0.25, 0.3) is 0 Å². The van der Waals surface area contributed by atoms with Crippen LogP contribution in [0.1, 0.15) is 25.7 Å². The minimum absolute atomic E-state index is 0.0285. The maximum Gasteiger partial charge on any atom is 0.323 e. The van der Waals surface area contributed by atoms with Crippen LogP contribution < -0.4 is 0 Å². The lowest BCUT2D eigenvalue weighted by atomic mass is 10.2. The average molecular weight is 213 g/mol. The summed E-state index contributed by atoms with van der Waals surface area (Å²) in [6.07, 6.45) is 4.63. The van der Waals surface area contributed by atoms with Gasteiger partial charge in [-0.05, 0) is 32.2 Å². The van der Waals surface area contributed by atoms with Gasteiger partial charge < -0.3 is 9.47 Å². The molecule has 2 aliphatic rings. The summed E-state index contributed by atoms with van der Waals surface area (Å²) in [4.78, 5) is 13.7. The highest BCUT2D eigenvalue weighted by Crippen LogP contribution is 2.21. The van der Waals surface area contributed by atoms with E-state index in [0.717, 1.165) is 45.4 Å². The van der Waals surface area contributed by atoms with E-state index in [4.69, 9.17) is 9.47 Å². The molecule has 0 radical (unpaired) electrons. The van der Waals surface area contributed by atoms with Gasteiger partial charge in [-0.25, -0.2) is 0 Å². The second-order valence-corrected chi connectivity index (χ2v) is 4.31. The number of nitrogens with zero attached hydrogens (tertiary/aromatic N) is 1. The van der Waals surface area contributed by atoms with Crippen molar-refractivity contribution >= 4 is 5.97 Å². The van der Waals surface area contributed by atoms with Crippen molar-refractivity contribution in [2.24, 2.45) is 0 Å². The number of ether oxygens (including phenoxy) is 2. The van der Waals surface area contributed by atoms with E-state index in [-0.39, 0.29) is 12.0 Å². The Kier molecular flexibility index (Phi) is 3.59. The molecule has 0 aromatic rings. The molecule has 0 aromatic carbocycles. The third-order valence-corrected chi connectivity index (χ3v) is 3.30. The van der Waals surface area contributed by atoms with Crippen LogP contribution in [0.3, 0.4) is 0 Å². The fourth-order valence-corrected chi connectivity index (χ4v) is 2.50. The summed E-state index contributed by atoms with van der Waals surface area (Å²) in [6.45, 7) is 2.76. The smallest absolute Gasteiger partial charge is 0.323 e. The Morgan fingerprint density at radius 1 is 1.47 bits per heavy atom. The summed E-state index contributed by atoms with van der Waals surface area (Å²) in [5, 5.41) is 0. The number of methoxy groups -OCH3 is 1. The van der Waals surface area contributed by atoms with Gasteiger partial charge in [0.15, 0.2) is 0 Å². The SMILES string of the molecule is COC(=O)C1CCCN1CC1CCCO1. The van der Waals surface area contributed by atoms with Gasteiger partial charge >= 0.3 is 5.97 Å². The van der Waals surface area contributed by atoms with Crippen molar-refractivity contribution in [2.45, 2.75) is 37.8 Å². The maximum atomic E-state index is 11.5.